The van der Waals surface area contributed by atoms with Crippen LogP contribution >= 0.6 is 0 Å². The molecule has 1 aliphatic heterocycles. The van der Waals surface area contributed by atoms with E-state index in [4.69, 9.17) is 4.74 Å². The molecule has 1 unspecified atom stereocenters. The fraction of sp³-hybridized carbons (Fsp3) is 0.370. The number of piperidine rings is 1. The number of carbonyl (C=O) groups is 1. The minimum Gasteiger partial charge on any atom is -0.457 e. The Labute approximate surface area is 201 Å². The number of benzene rings is 2. The fourth-order valence-corrected chi connectivity index (χ4v) is 4.14. The number of allylic oxidation sites excluding steroid dienone is 1. The molecule has 0 aliphatic carbocycles. The summed E-state index contributed by atoms with van der Waals surface area (Å²) < 4.78 is 19.8. The van der Waals surface area contributed by atoms with Crippen LogP contribution in [0.5, 0.6) is 11.5 Å². The number of nitrogens with zero attached hydrogens (tertiary/aromatic N) is 3. The Morgan fingerprint density at radius 2 is 1.85 bits per heavy atom. The van der Waals surface area contributed by atoms with Crippen LogP contribution in [0.1, 0.15) is 31.7 Å². The quantitative estimate of drug-likeness (QED) is 0.406. The van der Waals surface area contributed by atoms with Crippen molar-refractivity contribution in [3.8, 4) is 11.5 Å². The molecule has 1 aliphatic rings. The lowest BCUT2D eigenvalue weighted by Gasteiger charge is -2.43. The van der Waals surface area contributed by atoms with E-state index in [1.54, 1.807) is 36.5 Å². The molecule has 180 valence electrons. The predicted molar refractivity (Wildman–Crippen MR) is 135 cm³/mol. The molecule has 0 aromatic heterocycles. The summed E-state index contributed by atoms with van der Waals surface area (Å²) in [7, 11) is 2.28. The van der Waals surface area contributed by atoms with Crippen molar-refractivity contribution in [2.45, 2.75) is 32.2 Å². The van der Waals surface area contributed by atoms with Crippen LogP contribution in [-0.4, -0.2) is 62.1 Å². The highest BCUT2D eigenvalue weighted by atomic mass is 19.1. The summed E-state index contributed by atoms with van der Waals surface area (Å²) >= 11 is 0. The summed E-state index contributed by atoms with van der Waals surface area (Å²) in [4.78, 5) is 20.7. The number of quaternary nitrogens is 1. The number of carbonyl (C=O) groups excluding carboxylic acids is 1. The number of hydrogen-bond donors (Lipinski definition) is 1. The molecule has 2 aromatic carbocycles. The molecule has 1 saturated heterocycles. The van der Waals surface area contributed by atoms with E-state index >= 15 is 0 Å². The first-order valence-corrected chi connectivity index (χ1v) is 11.7. The zero-order chi connectivity index (χ0) is 24.4. The zero-order valence-electron chi connectivity index (χ0n) is 20.0. The Balaban J connectivity index is 1.58. The van der Waals surface area contributed by atoms with Crippen molar-refractivity contribution in [1.82, 2.24) is 5.32 Å². The Bertz CT molecular complexity index is 1020. The summed E-state index contributed by atoms with van der Waals surface area (Å²) in [6, 6.07) is 13.8. The van der Waals surface area contributed by atoms with Gasteiger partial charge in [-0.3, -0.25) is 14.8 Å². The van der Waals surface area contributed by atoms with Gasteiger partial charge in [0.25, 0.3) is 0 Å². The second kappa shape index (κ2) is 12.2. The van der Waals surface area contributed by atoms with Crippen LogP contribution in [-0.2, 0) is 4.79 Å². The standard InChI is InChI=1S/C27H33FN4O2/c1-21-6-4-5-18-32(21,3)19-17-30-27(33)20-31-26(15-16-29-2)22-7-11-24(12-8-22)34-25-13-9-23(28)10-14-25/h7-16,21H,2,4-6,17-20H2,1,3H3/p+1/b16-15-,31-26?/t21-,32?/m0/s1. The largest absolute Gasteiger partial charge is 0.457 e. The van der Waals surface area contributed by atoms with Gasteiger partial charge in [-0.1, -0.05) is 0 Å². The smallest absolute Gasteiger partial charge is 0.241 e. The van der Waals surface area contributed by atoms with Gasteiger partial charge in [-0.2, -0.15) is 0 Å². The van der Waals surface area contributed by atoms with E-state index in [0.717, 1.165) is 16.6 Å². The lowest BCUT2D eigenvalue weighted by molar-refractivity contribution is -0.935. The lowest BCUT2D eigenvalue weighted by atomic mass is 10.0. The molecule has 1 fully saturated rings. The van der Waals surface area contributed by atoms with E-state index in [-0.39, 0.29) is 18.3 Å². The molecular formula is C27H34FN4O2+. The minimum absolute atomic E-state index is 0.0317. The first-order chi connectivity index (χ1) is 16.4. The van der Waals surface area contributed by atoms with Gasteiger partial charge in [0.15, 0.2) is 0 Å². The molecular weight excluding hydrogens is 431 g/mol. The van der Waals surface area contributed by atoms with Gasteiger partial charge in [-0.25, -0.2) is 4.39 Å². The van der Waals surface area contributed by atoms with E-state index in [0.29, 0.717) is 29.8 Å². The molecule has 3 rings (SSSR count). The molecule has 6 nitrogen and oxygen atoms in total. The molecule has 1 amide bonds. The molecule has 2 atom stereocenters. The highest BCUT2D eigenvalue weighted by molar-refractivity contribution is 6.09. The molecule has 2 aromatic rings. The maximum Gasteiger partial charge on any atom is 0.241 e. The van der Waals surface area contributed by atoms with E-state index in [9.17, 15) is 9.18 Å². The van der Waals surface area contributed by atoms with Crippen LogP contribution in [0.4, 0.5) is 4.39 Å². The third-order valence-corrected chi connectivity index (χ3v) is 6.48. The number of nitrogens with one attached hydrogen (secondary N) is 1. The van der Waals surface area contributed by atoms with Crippen molar-refractivity contribution in [2.75, 3.05) is 33.2 Å². The van der Waals surface area contributed by atoms with Crippen LogP contribution in [0.2, 0.25) is 0 Å². The number of likely N-dealkylation sites (N-methyl/N-ethyl adjacent to an activating group) is 1. The van der Waals surface area contributed by atoms with Gasteiger partial charge < -0.3 is 14.5 Å². The number of aliphatic imine (C=N–C) groups is 2. The Kier molecular flexibility index (Phi) is 9.10. The molecule has 1 heterocycles. The zero-order valence-corrected chi connectivity index (χ0v) is 20.0. The van der Waals surface area contributed by atoms with Crippen molar-refractivity contribution < 1.29 is 18.4 Å². The van der Waals surface area contributed by atoms with E-state index < -0.39 is 0 Å². The highest BCUT2D eigenvalue weighted by Crippen LogP contribution is 2.23. The fourth-order valence-electron chi connectivity index (χ4n) is 4.14. The Morgan fingerprint density at radius 3 is 2.50 bits per heavy atom. The molecule has 0 saturated carbocycles. The molecule has 7 heteroatoms. The van der Waals surface area contributed by atoms with Gasteiger partial charge >= 0.3 is 0 Å². The van der Waals surface area contributed by atoms with Crippen LogP contribution in [0, 0.1) is 5.82 Å². The molecule has 1 N–H and O–H groups in total. The molecule has 0 bridgehead atoms. The third-order valence-electron chi connectivity index (χ3n) is 6.48. The number of likely N-dealkylation sites (tertiary alicyclic amines) is 1. The summed E-state index contributed by atoms with van der Waals surface area (Å²) in [5.41, 5.74) is 1.44. The normalized spacial score (nSPS) is 20.8. The number of rotatable bonds is 10. The van der Waals surface area contributed by atoms with Crippen molar-refractivity contribution in [3.05, 3.63) is 72.2 Å². The van der Waals surface area contributed by atoms with Gasteiger partial charge in [0, 0.05) is 6.20 Å². The van der Waals surface area contributed by atoms with Crippen molar-refractivity contribution in [1.29, 1.82) is 0 Å². The van der Waals surface area contributed by atoms with Crippen LogP contribution in [0.15, 0.2) is 70.8 Å². The number of amides is 1. The van der Waals surface area contributed by atoms with Crippen LogP contribution in [0.3, 0.4) is 0 Å². The van der Waals surface area contributed by atoms with Crippen molar-refractivity contribution in [3.63, 3.8) is 0 Å². The van der Waals surface area contributed by atoms with Gasteiger partial charge in [-0.15, -0.1) is 0 Å². The van der Waals surface area contributed by atoms with Gasteiger partial charge in [-0.05, 0) is 93.1 Å². The monoisotopic (exact) mass is 465 g/mol. The van der Waals surface area contributed by atoms with Gasteiger partial charge in [0.1, 0.15) is 23.9 Å². The maximum absolute atomic E-state index is 13.1. The van der Waals surface area contributed by atoms with Gasteiger partial charge in [0.05, 0.1) is 38.4 Å². The second-order valence-corrected chi connectivity index (χ2v) is 8.90. The first kappa shape index (κ1) is 25.3. The Morgan fingerprint density at radius 1 is 1.18 bits per heavy atom. The van der Waals surface area contributed by atoms with Crippen LogP contribution in [0.25, 0.3) is 0 Å². The van der Waals surface area contributed by atoms with Crippen molar-refractivity contribution in [2.24, 2.45) is 9.98 Å². The SMILES string of the molecule is C=N/C=C\C(=NCC(=O)NCC[N+]1(C)CCCC[C@@H]1C)c1ccc(Oc2ccc(F)cc2)cc1. The number of hydrogen-bond acceptors (Lipinski definition) is 4. The average molecular weight is 466 g/mol. The summed E-state index contributed by atoms with van der Waals surface area (Å²) in [5.74, 6) is 0.740. The summed E-state index contributed by atoms with van der Waals surface area (Å²) in [6.07, 6.45) is 7.06. The van der Waals surface area contributed by atoms with Gasteiger partial charge in [0.2, 0.25) is 5.91 Å². The lowest BCUT2D eigenvalue weighted by Crippen LogP contribution is -2.56. The van der Waals surface area contributed by atoms with E-state index in [1.165, 1.54) is 37.9 Å². The molecule has 34 heavy (non-hydrogen) atoms. The highest BCUT2D eigenvalue weighted by Gasteiger charge is 2.31. The average Bonchev–Trinajstić information content (AvgIpc) is 2.83. The topological polar surface area (TPSA) is 63.0 Å². The van der Waals surface area contributed by atoms with Crippen molar-refractivity contribution >= 4 is 18.3 Å². The number of ether oxygens (including phenoxy) is 1. The third kappa shape index (κ3) is 7.35. The first-order valence-electron chi connectivity index (χ1n) is 11.7. The van der Waals surface area contributed by atoms with Crippen LogP contribution < -0.4 is 10.1 Å². The van der Waals surface area contributed by atoms with E-state index in [1.807, 2.05) is 12.1 Å². The molecule has 0 radical (unpaired) electrons. The predicted octanol–water partition coefficient (Wildman–Crippen LogP) is 4.76. The number of halogens is 1. The summed E-state index contributed by atoms with van der Waals surface area (Å²) in [5, 5.41) is 3.01. The Hall–Kier alpha value is -3.32. The summed E-state index contributed by atoms with van der Waals surface area (Å²) in [6.45, 7) is 8.54. The van der Waals surface area contributed by atoms with E-state index in [2.05, 4.69) is 36.0 Å². The maximum atomic E-state index is 13.1. The minimum atomic E-state index is -0.313. The molecule has 0 spiro atoms. The second-order valence-electron chi connectivity index (χ2n) is 8.90.